The number of hydrogen-bond donors (Lipinski definition) is 0. The van der Waals surface area contributed by atoms with Crippen molar-refractivity contribution >= 4 is 17.9 Å². The summed E-state index contributed by atoms with van der Waals surface area (Å²) in [4.78, 5) is 10.7. The summed E-state index contributed by atoms with van der Waals surface area (Å²) in [5, 5.41) is 0.504. The summed E-state index contributed by atoms with van der Waals surface area (Å²) in [6, 6.07) is 5.18. The van der Waals surface area contributed by atoms with Crippen molar-refractivity contribution in [2.24, 2.45) is 0 Å². The molecule has 1 aliphatic heterocycles. The van der Waals surface area contributed by atoms with E-state index in [0.717, 1.165) is 38.6 Å². The van der Waals surface area contributed by atoms with Crippen LogP contribution in [-0.2, 0) is 4.74 Å². The van der Waals surface area contributed by atoms with E-state index in [1.165, 1.54) is 19.3 Å². The number of halogens is 1. The maximum Gasteiger partial charge on any atom is 0.150 e. The third-order valence-electron chi connectivity index (χ3n) is 4.60. The lowest BCUT2D eigenvalue weighted by Gasteiger charge is -2.43. The Hall–Kier alpha value is -1.06. The van der Waals surface area contributed by atoms with Crippen molar-refractivity contribution < 1.29 is 14.3 Å². The number of benzene rings is 1. The fraction of sp³-hybridized carbons (Fsp3) is 0.588. The number of carbonyl (C=O) groups is 1. The summed E-state index contributed by atoms with van der Waals surface area (Å²) in [6.45, 7) is 0.759. The van der Waals surface area contributed by atoms with Crippen molar-refractivity contribution in [3.8, 4) is 5.75 Å². The highest BCUT2D eigenvalue weighted by Crippen LogP contribution is 2.40. The average molecular weight is 309 g/mol. The van der Waals surface area contributed by atoms with Crippen molar-refractivity contribution in [3.63, 3.8) is 0 Å². The second kappa shape index (κ2) is 6.37. The zero-order chi connectivity index (χ0) is 14.7. The minimum absolute atomic E-state index is 0.0242. The van der Waals surface area contributed by atoms with Gasteiger partial charge in [-0.25, -0.2) is 0 Å². The van der Waals surface area contributed by atoms with E-state index in [1.807, 2.05) is 0 Å². The van der Waals surface area contributed by atoms with Crippen LogP contribution in [-0.4, -0.2) is 24.6 Å². The molecule has 0 bridgehead atoms. The average Bonchev–Trinajstić information content (AvgIpc) is 2.50. The molecule has 1 saturated heterocycles. The van der Waals surface area contributed by atoms with E-state index < -0.39 is 0 Å². The van der Waals surface area contributed by atoms with E-state index in [1.54, 1.807) is 18.2 Å². The van der Waals surface area contributed by atoms with Crippen molar-refractivity contribution in [3.05, 3.63) is 28.8 Å². The minimum Gasteiger partial charge on any atom is -0.489 e. The maximum atomic E-state index is 10.7. The molecule has 1 aliphatic carbocycles. The van der Waals surface area contributed by atoms with E-state index in [2.05, 4.69) is 0 Å². The Morgan fingerprint density at radius 1 is 1.29 bits per heavy atom. The molecule has 0 radical (unpaired) electrons. The fourth-order valence-corrected chi connectivity index (χ4v) is 3.73. The Kier molecular flexibility index (Phi) is 4.51. The van der Waals surface area contributed by atoms with Crippen molar-refractivity contribution in [2.45, 2.75) is 56.7 Å². The lowest BCUT2D eigenvalue weighted by Crippen LogP contribution is -2.45. The third-order valence-corrected chi connectivity index (χ3v) is 4.89. The molecule has 1 heterocycles. The van der Waals surface area contributed by atoms with Gasteiger partial charge in [0.15, 0.2) is 0 Å². The summed E-state index contributed by atoms with van der Waals surface area (Å²) < 4.78 is 12.2. The van der Waals surface area contributed by atoms with Gasteiger partial charge in [-0.1, -0.05) is 30.9 Å². The smallest absolute Gasteiger partial charge is 0.150 e. The second-order valence-corrected chi connectivity index (χ2v) is 6.54. The molecule has 0 N–H and O–H groups in total. The van der Waals surface area contributed by atoms with Crippen molar-refractivity contribution in [1.82, 2.24) is 0 Å². The molecule has 1 aromatic carbocycles. The molecule has 1 unspecified atom stereocenters. The molecule has 0 amide bonds. The van der Waals surface area contributed by atoms with Crippen LogP contribution in [0, 0.1) is 0 Å². The standard InChI is InChI=1S/C17H21ClO3/c18-15-10-13(12-19)4-5-16(15)21-14-6-9-20-17(11-14)7-2-1-3-8-17/h4-5,10,12,14H,1-3,6-9,11H2. The van der Waals surface area contributed by atoms with Crippen LogP contribution in [0.4, 0.5) is 0 Å². The molecule has 1 saturated carbocycles. The fourth-order valence-electron chi connectivity index (χ4n) is 3.49. The van der Waals surface area contributed by atoms with Gasteiger partial charge in [0.25, 0.3) is 0 Å². The number of aldehydes is 1. The molecule has 4 heteroatoms. The van der Waals surface area contributed by atoms with Gasteiger partial charge in [-0.05, 0) is 31.0 Å². The highest BCUT2D eigenvalue weighted by Gasteiger charge is 2.39. The summed E-state index contributed by atoms with van der Waals surface area (Å²) in [7, 11) is 0. The Bertz CT molecular complexity index is 503. The number of rotatable bonds is 3. The van der Waals surface area contributed by atoms with Gasteiger partial charge in [0.1, 0.15) is 18.1 Å². The van der Waals surface area contributed by atoms with Crippen LogP contribution in [0.5, 0.6) is 5.75 Å². The van der Waals surface area contributed by atoms with Gasteiger partial charge in [-0.3, -0.25) is 4.79 Å². The van der Waals surface area contributed by atoms with E-state index in [0.29, 0.717) is 16.3 Å². The molecule has 2 fully saturated rings. The molecule has 2 aliphatic rings. The number of ether oxygens (including phenoxy) is 2. The Balaban J connectivity index is 1.68. The Morgan fingerprint density at radius 2 is 2.10 bits per heavy atom. The van der Waals surface area contributed by atoms with E-state index >= 15 is 0 Å². The van der Waals surface area contributed by atoms with Crippen LogP contribution in [0.3, 0.4) is 0 Å². The van der Waals surface area contributed by atoms with E-state index in [9.17, 15) is 4.79 Å². The molecule has 3 nitrogen and oxygen atoms in total. The number of carbonyl (C=O) groups excluding carboxylic acids is 1. The molecule has 1 atom stereocenters. The predicted molar refractivity (Wildman–Crippen MR) is 82.3 cm³/mol. The quantitative estimate of drug-likeness (QED) is 0.776. The van der Waals surface area contributed by atoms with Crippen LogP contribution >= 0.6 is 11.6 Å². The highest BCUT2D eigenvalue weighted by atomic mass is 35.5. The molecule has 1 spiro atoms. The molecular weight excluding hydrogens is 288 g/mol. The normalized spacial score (nSPS) is 24.7. The Labute approximate surface area is 130 Å². The molecular formula is C17H21ClO3. The first-order valence-electron chi connectivity index (χ1n) is 7.76. The predicted octanol–water partition coefficient (Wildman–Crippen LogP) is 4.41. The molecule has 114 valence electrons. The third kappa shape index (κ3) is 3.41. The van der Waals surface area contributed by atoms with Gasteiger partial charge in [-0.2, -0.15) is 0 Å². The van der Waals surface area contributed by atoms with Gasteiger partial charge in [0, 0.05) is 18.4 Å². The molecule has 3 rings (SSSR count). The van der Waals surface area contributed by atoms with Crippen molar-refractivity contribution in [2.75, 3.05) is 6.61 Å². The van der Waals surface area contributed by atoms with Crippen LogP contribution in [0.1, 0.15) is 55.3 Å². The van der Waals surface area contributed by atoms with Crippen LogP contribution in [0.25, 0.3) is 0 Å². The topological polar surface area (TPSA) is 35.5 Å². The SMILES string of the molecule is O=Cc1ccc(OC2CCOC3(CCCCC3)C2)c(Cl)c1. The number of hydrogen-bond acceptors (Lipinski definition) is 3. The van der Waals surface area contributed by atoms with Gasteiger partial charge in [-0.15, -0.1) is 0 Å². The zero-order valence-corrected chi connectivity index (χ0v) is 12.9. The maximum absolute atomic E-state index is 10.7. The summed E-state index contributed by atoms with van der Waals surface area (Å²) in [5.41, 5.74) is 0.596. The minimum atomic E-state index is 0.0242. The molecule has 21 heavy (non-hydrogen) atoms. The Morgan fingerprint density at radius 3 is 2.81 bits per heavy atom. The van der Waals surface area contributed by atoms with Gasteiger partial charge >= 0.3 is 0 Å². The first kappa shape index (κ1) is 14.9. The highest BCUT2D eigenvalue weighted by molar-refractivity contribution is 6.32. The summed E-state index contributed by atoms with van der Waals surface area (Å²) >= 11 is 6.19. The van der Waals surface area contributed by atoms with E-state index in [-0.39, 0.29) is 11.7 Å². The molecule has 0 aromatic heterocycles. The lowest BCUT2D eigenvalue weighted by molar-refractivity contribution is -0.129. The van der Waals surface area contributed by atoms with Crippen molar-refractivity contribution in [1.29, 1.82) is 0 Å². The van der Waals surface area contributed by atoms with Gasteiger partial charge in [0.2, 0.25) is 0 Å². The molecule has 1 aromatic rings. The summed E-state index contributed by atoms with van der Waals surface area (Å²) in [5.74, 6) is 0.667. The van der Waals surface area contributed by atoms with Crippen LogP contribution in [0.2, 0.25) is 5.02 Å². The first-order chi connectivity index (χ1) is 10.2. The van der Waals surface area contributed by atoms with Gasteiger partial charge < -0.3 is 9.47 Å². The first-order valence-corrected chi connectivity index (χ1v) is 8.14. The lowest BCUT2D eigenvalue weighted by atomic mass is 9.79. The van der Waals surface area contributed by atoms with Gasteiger partial charge in [0.05, 0.1) is 17.2 Å². The second-order valence-electron chi connectivity index (χ2n) is 6.13. The van der Waals surface area contributed by atoms with Crippen LogP contribution < -0.4 is 4.74 Å². The van der Waals surface area contributed by atoms with Crippen LogP contribution in [0.15, 0.2) is 18.2 Å². The largest absolute Gasteiger partial charge is 0.489 e. The van der Waals surface area contributed by atoms with E-state index in [4.69, 9.17) is 21.1 Å². The zero-order valence-electron chi connectivity index (χ0n) is 12.1. The summed E-state index contributed by atoms with van der Waals surface area (Å²) in [6.07, 6.45) is 8.89. The monoisotopic (exact) mass is 308 g/mol.